The van der Waals surface area contributed by atoms with E-state index in [1.165, 1.54) is 0 Å². The lowest BCUT2D eigenvalue weighted by Crippen LogP contribution is -2.27. The molecule has 13 heavy (non-hydrogen) atoms. The number of carbonyl (C=O) groups excluding carboxylic acids is 1. The van der Waals surface area contributed by atoms with Crippen molar-refractivity contribution in [2.75, 3.05) is 0 Å². The summed E-state index contributed by atoms with van der Waals surface area (Å²) in [6, 6.07) is 1.83. The number of aromatic nitrogens is 2. The molecule has 0 aliphatic heterocycles. The van der Waals surface area contributed by atoms with E-state index in [0.29, 0.717) is 0 Å². The van der Waals surface area contributed by atoms with Gasteiger partial charge in [0.15, 0.2) is 0 Å². The molecule has 5 heteroatoms. The number of hydrogen-bond donors (Lipinski definition) is 2. The molecule has 0 fully saturated rings. The molecule has 0 bridgehead atoms. The Hall–Kier alpha value is -1.52. The average molecular weight is 185 g/mol. The van der Waals surface area contributed by atoms with Crippen LogP contribution in [0, 0.1) is 0 Å². The van der Waals surface area contributed by atoms with Gasteiger partial charge >= 0.3 is 6.09 Å². The fraction of sp³-hybridized carbons (Fsp3) is 0.500. The Bertz CT molecular complexity index is 209. The highest BCUT2D eigenvalue weighted by Crippen LogP contribution is 2.04. The van der Waals surface area contributed by atoms with Crippen molar-refractivity contribution in [3.05, 3.63) is 18.5 Å². The Morgan fingerprint density at radius 2 is 2.15 bits per heavy atom. The molecule has 0 atom stereocenters. The number of rotatable bonds is 0. The number of nitrogens with zero attached hydrogens (tertiary/aromatic N) is 1. The van der Waals surface area contributed by atoms with Crippen molar-refractivity contribution in [1.82, 2.24) is 10.2 Å². The molecular weight excluding hydrogens is 170 g/mol. The van der Waals surface area contributed by atoms with E-state index >= 15 is 0 Å². The van der Waals surface area contributed by atoms with Gasteiger partial charge in [-0.05, 0) is 26.8 Å². The van der Waals surface area contributed by atoms with E-state index < -0.39 is 11.7 Å². The number of primary amides is 1. The molecule has 0 aliphatic rings. The first-order chi connectivity index (χ1) is 5.92. The van der Waals surface area contributed by atoms with Crippen LogP contribution in [-0.4, -0.2) is 21.9 Å². The normalized spacial score (nSPS) is 9.77. The summed E-state index contributed by atoms with van der Waals surface area (Å²) in [5.74, 6) is 0. The van der Waals surface area contributed by atoms with Crippen LogP contribution in [0.1, 0.15) is 20.8 Å². The predicted octanol–water partition coefficient (Wildman–Crippen LogP) is 1.29. The second kappa shape index (κ2) is 5.18. The van der Waals surface area contributed by atoms with Crippen molar-refractivity contribution in [2.45, 2.75) is 26.4 Å². The van der Waals surface area contributed by atoms with E-state index in [1.807, 2.05) is 6.07 Å². The van der Waals surface area contributed by atoms with E-state index in [9.17, 15) is 4.79 Å². The van der Waals surface area contributed by atoms with Gasteiger partial charge in [0.25, 0.3) is 0 Å². The maximum Gasteiger partial charge on any atom is 0.405 e. The van der Waals surface area contributed by atoms with E-state index in [-0.39, 0.29) is 0 Å². The lowest BCUT2D eigenvalue weighted by atomic mass is 10.2. The molecule has 5 nitrogen and oxygen atoms in total. The maximum atomic E-state index is 10.0. The molecular formula is C8H15N3O2. The van der Waals surface area contributed by atoms with Gasteiger partial charge in [-0.25, -0.2) is 4.79 Å². The van der Waals surface area contributed by atoms with Crippen molar-refractivity contribution in [3.63, 3.8) is 0 Å². The smallest absolute Gasteiger partial charge is 0.405 e. The van der Waals surface area contributed by atoms with Crippen LogP contribution in [0.2, 0.25) is 0 Å². The zero-order valence-electron chi connectivity index (χ0n) is 8.07. The molecule has 1 aromatic heterocycles. The van der Waals surface area contributed by atoms with Gasteiger partial charge in [0.2, 0.25) is 0 Å². The number of H-pyrrole nitrogens is 1. The maximum absolute atomic E-state index is 10.0. The molecule has 1 amide bonds. The van der Waals surface area contributed by atoms with Gasteiger partial charge in [0.1, 0.15) is 5.60 Å². The Balaban J connectivity index is 0.000000243. The fourth-order valence-electron chi connectivity index (χ4n) is 0.517. The van der Waals surface area contributed by atoms with Crippen molar-refractivity contribution < 1.29 is 9.53 Å². The van der Waals surface area contributed by atoms with Gasteiger partial charge in [0, 0.05) is 12.4 Å². The Morgan fingerprint density at radius 1 is 1.54 bits per heavy atom. The third-order valence-corrected chi connectivity index (χ3v) is 0.813. The molecule has 1 heterocycles. The van der Waals surface area contributed by atoms with Gasteiger partial charge in [-0.15, -0.1) is 0 Å². The Morgan fingerprint density at radius 3 is 2.23 bits per heavy atom. The van der Waals surface area contributed by atoms with Crippen LogP contribution in [-0.2, 0) is 4.74 Å². The van der Waals surface area contributed by atoms with Crippen molar-refractivity contribution in [2.24, 2.45) is 5.73 Å². The van der Waals surface area contributed by atoms with Crippen LogP contribution >= 0.6 is 0 Å². The molecule has 0 spiro atoms. The molecule has 0 aliphatic carbocycles. The van der Waals surface area contributed by atoms with Gasteiger partial charge in [-0.3, -0.25) is 5.10 Å². The average Bonchev–Trinajstić information content (AvgIpc) is 2.33. The number of aromatic amines is 1. The van der Waals surface area contributed by atoms with E-state index in [4.69, 9.17) is 5.73 Å². The monoisotopic (exact) mass is 185 g/mol. The number of carbonyl (C=O) groups is 1. The molecule has 3 N–H and O–H groups in total. The number of hydrogen-bond acceptors (Lipinski definition) is 3. The van der Waals surface area contributed by atoms with Crippen molar-refractivity contribution >= 4 is 6.09 Å². The first kappa shape index (κ1) is 11.5. The summed E-state index contributed by atoms with van der Waals surface area (Å²) in [6.07, 6.45) is 2.73. The van der Waals surface area contributed by atoms with Gasteiger partial charge in [-0.1, -0.05) is 0 Å². The SMILES string of the molecule is CC(C)(C)OC(N)=O.c1cn[nH]c1. The van der Waals surface area contributed by atoms with Crippen LogP contribution in [0.3, 0.4) is 0 Å². The first-order valence-corrected chi connectivity index (χ1v) is 3.84. The highest BCUT2D eigenvalue weighted by Gasteiger charge is 2.12. The van der Waals surface area contributed by atoms with E-state index in [1.54, 1.807) is 33.2 Å². The third-order valence-electron chi connectivity index (χ3n) is 0.813. The topological polar surface area (TPSA) is 81.0 Å². The van der Waals surface area contributed by atoms with Gasteiger partial charge in [0.05, 0.1) is 0 Å². The molecule has 74 valence electrons. The minimum absolute atomic E-state index is 0.453. The summed E-state index contributed by atoms with van der Waals surface area (Å²) in [7, 11) is 0. The second-order valence-corrected chi connectivity index (χ2v) is 3.30. The fourth-order valence-corrected chi connectivity index (χ4v) is 0.517. The molecule has 0 unspecified atom stereocenters. The zero-order chi connectivity index (χ0) is 10.3. The zero-order valence-corrected chi connectivity index (χ0v) is 8.07. The summed E-state index contributed by atoms with van der Waals surface area (Å²) >= 11 is 0. The minimum atomic E-state index is -0.725. The number of nitrogens with two attached hydrogens (primary N) is 1. The van der Waals surface area contributed by atoms with Crippen LogP contribution in [0.25, 0.3) is 0 Å². The van der Waals surface area contributed by atoms with Crippen LogP contribution in [0.15, 0.2) is 18.5 Å². The third kappa shape index (κ3) is 10.5. The van der Waals surface area contributed by atoms with Crippen LogP contribution < -0.4 is 5.73 Å². The predicted molar refractivity (Wildman–Crippen MR) is 49.0 cm³/mol. The minimum Gasteiger partial charge on any atom is -0.444 e. The lowest BCUT2D eigenvalue weighted by molar-refractivity contribution is 0.0600. The molecule has 0 saturated heterocycles. The van der Waals surface area contributed by atoms with Gasteiger partial charge in [-0.2, -0.15) is 5.10 Å². The quantitative estimate of drug-likeness (QED) is 0.639. The number of ether oxygens (including phenoxy) is 1. The van der Waals surface area contributed by atoms with Gasteiger partial charge < -0.3 is 10.5 Å². The van der Waals surface area contributed by atoms with Crippen molar-refractivity contribution in [3.8, 4) is 0 Å². The van der Waals surface area contributed by atoms with E-state index in [0.717, 1.165) is 0 Å². The molecule has 1 rings (SSSR count). The van der Waals surface area contributed by atoms with Crippen molar-refractivity contribution in [1.29, 1.82) is 0 Å². The first-order valence-electron chi connectivity index (χ1n) is 3.84. The number of amides is 1. The Labute approximate surface area is 77.3 Å². The standard InChI is InChI=1S/C5H11NO2.C3H4N2/c1-5(2,3)8-4(6)7;1-2-4-5-3-1/h1-3H3,(H2,6,7);1-3H,(H,4,5). The van der Waals surface area contributed by atoms with E-state index in [2.05, 4.69) is 14.9 Å². The largest absolute Gasteiger partial charge is 0.444 e. The molecule has 0 radical (unpaired) electrons. The second-order valence-electron chi connectivity index (χ2n) is 3.30. The summed E-state index contributed by atoms with van der Waals surface area (Å²) < 4.78 is 4.58. The lowest BCUT2D eigenvalue weighted by Gasteiger charge is -2.16. The summed E-state index contributed by atoms with van der Waals surface area (Å²) in [5, 5.41) is 6.21. The Kier molecular flexibility index (Phi) is 4.58. The van der Waals surface area contributed by atoms with Crippen LogP contribution in [0.4, 0.5) is 4.79 Å². The molecule has 0 saturated carbocycles. The summed E-state index contributed by atoms with van der Waals surface area (Å²) in [4.78, 5) is 10.0. The van der Waals surface area contributed by atoms with Crippen LogP contribution in [0.5, 0.6) is 0 Å². The highest BCUT2D eigenvalue weighted by atomic mass is 16.6. The summed E-state index contributed by atoms with van der Waals surface area (Å²) in [5.41, 5.74) is 4.26. The molecule has 0 aromatic carbocycles. The number of nitrogens with one attached hydrogen (secondary N) is 1. The summed E-state index contributed by atoms with van der Waals surface area (Å²) in [6.45, 7) is 5.28. The highest BCUT2D eigenvalue weighted by molar-refractivity contribution is 5.65. The molecule has 1 aromatic rings.